The van der Waals surface area contributed by atoms with Gasteiger partial charge in [0.25, 0.3) is 5.91 Å². The number of amides is 1. The normalized spacial score (nSPS) is 16.2. The fourth-order valence-electron chi connectivity index (χ4n) is 4.12. The fraction of sp³-hybridized carbons (Fsp3) is 0.280. The van der Waals surface area contributed by atoms with Crippen molar-refractivity contribution in [3.63, 3.8) is 0 Å². The first kappa shape index (κ1) is 20.8. The molecule has 0 unspecified atom stereocenters. The quantitative estimate of drug-likeness (QED) is 0.581. The molecule has 6 heteroatoms. The number of carbonyl (C=O) groups is 2. The van der Waals surface area contributed by atoms with E-state index in [4.69, 9.17) is 0 Å². The Bertz CT molecular complexity index is 1110. The van der Waals surface area contributed by atoms with E-state index < -0.39 is 5.82 Å². The van der Waals surface area contributed by atoms with Crippen molar-refractivity contribution in [3.8, 4) is 11.1 Å². The number of hydrogen-bond acceptors (Lipinski definition) is 4. The third kappa shape index (κ3) is 4.53. The fourth-order valence-corrected chi connectivity index (χ4v) is 4.12. The zero-order chi connectivity index (χ0) is 22.0. The number of rotatable bonds is 4. The number of aryl methyl sites for hydroxylation is 2. The number of hydrogen-bond donors (Lipinski definition) is 0. The number of benzene rings is 2. The number of nitrogens with zero attached hydrogens (tertiary/aromatic N) is 3. The summed E-state index contributed by atoms with van der Waals surface area (Å²) in [4.78, 5) is 36.1. The third-order valence-corrected chi connectivity index (χ3v) is 5.60. The Kier molecular flexibility index (Phi) is 5.89. The van der Waals surface area contributed by atoms with Crippen molar-refractivity contribution in [2.24, 2.45) is 5.92 Å². The summed E-state index contributed by atoms with van der Waals surface area (Å²) in [7, 11) is 0. The second-order valence-electron chi connectivity index (χ2n) is 7.96. The highest BCUT2D eigenvalue weighted by molar-refractivity contribution is 5.99. The van der Waals surface area contributed by atoms with Crippen molar-refractivity contribution in [1.29, 1.82) is 0 Å². The predicted molar refractivity (Wildman–Crippen MR) is 116 cm³/mol. The van der Waals surface area contributed by atoms with E-state index >= 15 is 0 Å². The molecule has 0 N–H and O–H groups in total. The van der Waals surface area contributed by atoms with Gasteiger partial charge in [0.05, 0.1) is 0 Å². The molecule has 0 bridgehead atoms. The molecule has 158 valence electrons. The van der Waals surface area contributed by atoms with Gasteiger partial charge >= 0.3 is 0 Å². The van der Waals surface area contributed by atoms with Gasteiger partial charge in [0.1, 0.15) is 17.3 Å². The summed E-state index contributed by atoms with van der Waals surface area (Å²) in [5, 5.41) is 0. The Morgan fingerprint density at radius 1 is 1.03 bits per heavy atom. The average molecular weight is 417 g/mol. The van der Waals surface area contributed by atoms with Crippen LogP contribution in [0.5, 0.6) is 0 Å². The molecule has 5 nitrogen and oxygen atoms in total. The Labute approximate surface area is 181 Å². The van der Waals surface area contributed by atoms with Crippen LogP contribution in [-0.2, 0) is 0 Å². The standard InChI is InChI=1S/C25H24FN3O2/c1-16-13-23(28-17(2)27-16)25(31)29-12-6-9-20(15-29)24(30)19-10-11-21(22(26)14-19)18-7-4-3-5-8-18/h3-5,7-8,10-11,13-14,20H,6,9,12,15H2,1-2H3/t20-/m1/s1. The summed E-state index contributed by atoms with van der Waals surface area (Å²) >= 11 is 0. The maximum absolute atomic E-state index is 14.7. The van der Waals surface area contributed by atoms with Crippen molar-refractivity contribution in [2.45, 2.75) is 26.7 Å². The van der Waals surface area contributed by atoms with E-state index in [1.165, 1.54) is 6.07 Å². The molecule has 2 aromatic carbocycles. The molecule has 31 heavy (non-hydrogen) atoms. The van der Waals surface area contributed by atoms with Gasteiger partial charge in [-0.1, -0.05) is 42.5 Å². The van der Waals surface area contributed by atoms with E-state index in [2.05, 4.69) is 9.97 Å². The highest BCUT2D eigenvalue weighted by atomic mass is 19.1. The molecule has 1 aliphatic rings. The maximum atomic E-state index is 14.7. The molecule has 1 atom stereocenters. The Morgan fingerprint density at radius 3 is 2.52 bits per heavy atom. The minimum atomic E-state index is -0.423. The molecule has 1 saturated heterocycles. The molecular formula is C25H24FN3O2. The van der Waals surface area contributed by atoms with Crippen LogP contribution >= 0.6 is 0 Å². The summed E-state index contributed by atoms with van der Waals surface area (Å²) in [5.74, 6) is -0.568. The lowest BCUT2D eigenvalue weighted by atomic mass is 9.89. The Morgan fingerprint density at radius 2 is 1.81 bits per heavy atom. The number of ketones is 1. The minimum Gasteiger partial charge on any atom is -0.337 e. The molecular weight excluding hydrogens is 393 g/mol. The van der Waals surface area contributed by atoms with E-state index in [1.54, 1.807) is 30.0 Å². The lowest BCUT2D eigenvalue weighted by Gasteiger charge is -2.32. The van der Waals surface area contributed by atoms with Crippen LogP contribution in [-0.4, -0.2) is 39.6 Å². The zero-order valence-corrected chi connectivity index (χ0v) is 17.6. The number of Topliss-reactive ketones (excluding diaryl/α,β-unsaturated/α-hetero) is 1. The number of aromatic nitrogens is 2. The van der Waals surface area contributed by atoms with Crippen LogP contribution in [0.25, 0.3) is 11.1 Å². The molecule has 1 fully saturated rings. The van der Waals surface area contributed by atoms with Crippen molar-refractivity contribution in [3.05, 3.63) is 83.2 Å². The minimum absolute atomic E-state index is 0.133. The molecule has 1 amide bonds. The van der Waals surface area contributed by atoms with E-state index in [1.807, 2.05) is 37.3 Å². The Balaban J connectivity index is 1.51. The largest absolute Gasteiger partial charge is 0.337 e. The van der Waals surface area contributed by atoms with E-state index in [-0.39, 0.29) is 17.6 Å². The van der Waals surface area contributed by atoms with Crippen molar-refractivity contribution < 1.29 is 14.0 Å². The second kappa shape index (κ2) is 8.76. The van der Waals surface area contributed by atoms with Gasteiger partial charge in [-0.25, -0.2) is 14.4 Å². The molecule has 1 aromatic heterocycles. The van der Waals surface area contributed by atoms with E-state index in [9.17, 15) is 14.0 Å². The first-order chi connectivity index (χ1) is 14.9. The van der Waals surface area contributed by atoms with Gasteiger partial charge in [-0.15, -0.1) is 0 Å². The Hall–Kier alpha value is -3.41. The van der Waals surface area contributed by atoms with E-state index in [0.29, 0.717) is 42.2 Å². The number of likely N-dealkylation sites (tertiary alicyclic amines) is 1. The first-order valence-electron chi connectivity index (χ1n) is 10.4. The monoisotopic (exact) mass is 417 g/mol. The van der Waals surface area contributed by atoms with Gasteiger partial charge in [-0.2, -0.15) is 0 Å². The second-order valence-corrected chi connectivity index (χ2v) is 7.96. The SMILES string of the molecule is Cc1cc(C(=O)N2CCC[C@@H](C(=O)c3ccc(-c4ccccc4)c(F)c3)C2)nc(C)n1. The molecule has 2 heterocycles. The molecule has 0 radical (unpaired) electrons. The molecule has 0 aliphatic carbocycles. The van der Waals surface area contributed by atoms with Gasteiger partial charge < -0.3 is 4.90 Å². The lowest BCUT2D eigenvalue weighted by Crippen LogP contribution is -2.42. The van der Waals surface area contributed by atoms with E-state index in [0.717, 1.165) is 17.7 Å². The highest BCUT2D eigenvalue weighted by Crippen LogP contribution is 2.27. The van der Waals surface area contributed by atoms with Crippen molar-refractivity contribution in [1.82, 2.24) is 14.9 Å². The van der Waals surface area contributed by atoms with Crippen LogP contribution in [0.1, 0.15) is 45.2 Å². The first-order valence-corrected chi connectivity index (χ1v) is 10.4. The van der Waals surface area contributed by atoms with Gasteiger partial charge in [0.15, 0.2) is 5.78 Å². The van der Waals surface area contributed by atoms with Crippen LogP contribution in [0.15, 0.2) is 54.6 Å². The summed E-state index contributed by atoms with van der Waals surface area (Å²) in [6, 6.07) is 15.5. The smallest absolute Gasteiger partial charge is 0.272 e. The summed E-state index contributed by atoms with van der Waals surface area (Å²) < 4.78 is 14.7. The molecule has 0 spiro atoms. The van der Waals surface area contributed by atoms with Crippen LogP contribution in [0.4, 0.5) is 4.39 Å². The summed E-state index contributed by atoms with van der Waals surface area (Å²) in [6.07, 6.45) is 1.39. The predicted octanol–water partition coefficient (Wildman–Crippen LogP) is 4.63. The number of piperidine rings is 1. The van der Waals surface area contributed by atoms with Crippen LogP contribution in [0.3, 0.4) is 0 Å². The highest BCUT2D eigenvalue weighted by Gasteiger charge is 2.30. The zero-order valence-electron chi connectivity index (χ0n) is 17.6. The topological polar surface area (TPSA) is 63.2 Å². The van der Waals surface area contributed by atoms with Gasteiger partial charge in [0.2, 0.25) is 0 Å². The average Bonchev–Trinajstić information content (AvgIpc) is 2.78. The van der Waals surface area contributed by atoms with Crippen LogP contribution < -0.4 is 0 Å². The number of carbonyl (C=O) groups excluding carboxylic acids is 2. The summed E-state index contributed by atoms with van der Waals surface area (Å²) in [6.45, 7) is 4.45. The van der Waals surface area contributed by atoms with Crippen molar-refractivity contribution >= 4 is 11.7 Å². The van der Waals surface area contributed by atoms with Crippen molar-refractivity contribution in [2.75, 3.05) is 13.1 Å². The van der Waals surface area contributed by atoms with Gasteiger partial charge in [0, 0.05) is 35.8 Å². The van der Waals surface area contributed by atoms with Gasteiger partial charge in [-0.05, 0) is 44.4 Å². The van der Waals surface area contributed by atoms with Crippen LogP contribution in [0, 0.1) is 25.6 Å². The maximum Gasteiger partial charge on any atom is 0.272 e. The lowest BCUT2D eigenvalue weighted by molar-refractivity contribution is 0.0631. The summed E-state index contributed by atoms with van der Waals surface area (Å²) in [5.41, 5.74) is 2.65. The van der Waals surface area contributed by atoms with Crippen LogP contribution in [0.2, 0.25) is 0 Å². The number of halogens is 1. The molecule has 4 rings (SSSR count). The molecule has 1 aliphatic heterocycles. The third-order valence-electron chi connectivity index (χ3n) is 5.60. The molecule has 3 aromatic rings. The van der Waals surface area contributed by atoms with Gasteiger partial charge in [-0.3, -0.25) is 9.59 Å². The molecule has 0 saturated carbocycles.